The number of nitrogens with zero attached hydrogens (tertiary/aromatic N) is 2. The molecule has 0 spiro atoms. The molecule has 3 rings (SSSR count). The molecule has 1 aromatic rings. The lowest BCUT2D eigenvalue weighted by molar-refractivity contribution is -0.132. The number of carbonyl (C=O) groups is 2. The van der Waals surface area contributed by atoms with E-state index >= 15 is 0 Å². The van der Waals surface area contributed by atoms with E-state index in [2.05, 4.69) is 5.32 Å². The van der Waals surface area contributed by atoms with Crippen molar-refractivity contribution < 1.29 is 9.59 Å². The first kappa shape index (κ1) is 18.9. The minimum atomic E-state index is 0.0746. The molecule has 1 aliphatic carbocycles. The predicted octanol–water partition coefficient (Wildman–Crippen LogP) is 2.67. The Balaban J connectivity index is 1.67. The zero-order valence-corrected chi connectivity index (χ0v) is 15.7. The van der Waals surface area contributed by atoms with Crippen LogP contribution in [0.25, 0.3) is 0 Å². The fourth-order valence-corrected chi connectivity index (χ4v) is 4.05. The first-order chi connectivity index (χ1) is 12.8. The van der Waals surface area contributed by atoms with Gasteiger partial charge in [-0.15, -0.1) is 0 Å². The number of benzene rings is 1. The Morgan fingerprint density at radius 1 is 1.00 bits per heavy atom. The third-order valence-electron chi connectivity index (χ3n) is 5.58. The van der Waals surface area contributed by atoms with E-state index in [1.807, 2.05) is 40.1 Å². The highest BCUT2D eigenvalue weighted by atomic mass is 16.2. The molecule has 2 fully saturated rings. The van der Waals surface area contributed by atoms with Crippen molar-refractivity contribution in [1.29, 1.82) is 0 Å². The lowest BCUT2D eigenvalue weighted by atomic mass is 10.0. The van der Waals surface area contributed by atoms with Gasteiger partial charge in [0, 0.05) is 50.7 Å². The number of hydrogen-bond acceptors (Lipinski definition) is 3. The second kappa shape index (κ2) is 9.72. The van der Waals surface area contributed by atoms with Crippen molar-refractivity contribution in [1.82, 2.24) is 15.1 Å². The van der Waals surface area contributed by atoms with Crippen LogP contribution in [0.2, 0.25) is 0 Å². The van der Waals surface area contributed by atoms with Crippen LogP contribution in [0.4, 0.5) is 0 Å². The summed E-state index contributed by atoms with van der Waals surface area (Å²) in [4.78, 5) is 29.6. The fourth-order valence-electron chi connectivity index (χ4n) is 4.05. The molecule has 5 nitrogen and oxygen atoms in total. The molecule has 0 atom stereocenters. The summed E-state index contributed by atoms with van der Waals surface area (Å²) in [5, 5.41) is 3.27. The van der Waals surface area contributed by atoms with Crippen molar-refractivity contribution in [3.8, 4) is 0 Å². The van der Waals surface area contributed by atoms with Crippen LogP contribution >= 0.6 is 0 Å². The Labute approximate surface area is 156 Å². The van der Waals surface area contributed by atoms with Crippen LogP contribution in [0.1, 0.15) is 55.3 Å². The van der Waals surface area contributed by atoms with Crippen molar-refractivity contribution in [2.45, 2.75) is 51.0 Å². The molecule has 1 aromatic carbocycles. The highest BCUT2D eigenvalue weighted by Crippen LogP contribution is 2.24. The van der Waals surface area contributed by atoms with Crippen LogP contribution in [0.15, 0.2) is 30.3 Å². The molecule has 1 heterocycles. The standard InChI is InChI=1S/C21H31N3O2/c25-20(23-16-13-22-14-17-23)12-15-24(19-10-6-1-2-7-11-19)21(26)18-8-4-3-5-9-18/h3-5,8-9,19,22H,1-2,6-7,10-17H2. The summed E-state index contributed by atoms with van der Waals surface area (Å²) in [5.74, 6) is 0.247. The van der Waals surface area contributed by atoms with E-state index in [0.717, 1.165) is 44.6 Å². The van der Waals surface area contributed by atoms with Crippen molar-refractivity contribution in [3.05, 3.63) is 35.9 Å². The average Bonchev–Trinajstić information content (AvgIpc) is 2.98. The molecule has 26 heavy (non-hydrogen) atoms. The maximum absolute atomic E-state index is 13.1. The summed E-state index contributed by atoms with van der Waals surface area (Å²) < 4.78 is 0. The minimum absolute atomic E-state index is 0.0746. The maximum Gasteiger partial charge on any atom is 0.254 e. The summed E-state index contributed by atoms with van der Waals surface area (Å²) in [6, 6.07) is 9.77. The molecule has 142 valence electrons. The van der Waals surface area contributed by atoms with E-state index in [1.165, 1.54) is 25.7 Å². The van der Waals surface area contributed by atoms with Gasteiger partial charge < -0.3 is 15.1 Å². The molecular weight excluding hydrogens is 326 g/mol. The van der Waals surface area contributed by atoms with E-state index < -0.39 is 0 Å². The van der Waals surface area contributed by atoms with Gasteiger partial charge in [0.2, 0.25) is 5.91 Å². The minimum Gasteiger partial charge on any atom is -0.340 e. The van der Waals surface area contributed by atoms with E-state index in [-0.39, 0.29) is 17.9 Å². The molecule has 0 unspecified atom stereocenters. The second-order valence-electron chi connectivity index (χ2n) is 7.39. The molecule has 1 aliphatic heterocycles. The van der Waals surface area contributed by atoms with Gasteiger partial charge in [-0.05, 0) is 25.0 Å². The molecule has 0 aromatic heterocycles. The van der Waals surface area contributed by atoms with Crippen LogP contribution in [0.3, 0.4) is 0 Å². The monoisotopic (exact) mass is 357 g/mol. The Bertz CT molecular complexity index is 576. The Morgan fingerprint density at radius 2 is 1.65 bits per heavy atom. The fraction of sp³-hybridized carbons (Fsp3) is 0.619. The first-order valence-corrected chi connectivity index (χ1v) is 10.1. The van der Waals surface area contributed by atoms with Crippen LogP contribution in [0, 0.1) is 0 Å². The Kier molecular flexibility index (Phi) is 7.06. The highest BCUT2D eigenvalue weighted by Gasteiger charge is 2.27. The number of amides is 2. The van der Waals surface area contributed by atoms with Gasteiger partial charge in [-0.3, -0.25) is 9.59 Å². The van der Waals surface area contributed by atoms with E-state index in [9.17, 15) is 9.59 Å². The number of nitrogens with one attached hydrogen (secondary N) is 1. The smallest absolute Gasteiger partial charge is 0.254 e. The van der Waals surface area contributed by atoms with Gasteiger partial charge in [0.15, 0.2) is 0 Å². The topological polar surface area (TPSA) is 52.7 Å². The molecule has 0 bridgehead atoms. The number of piperazine rings is 1. The predicted molar refractivity (Wildman–Crippen MR) is 103 cm³/mol. The van der Waals surface area contributed by atoms with Crippen LogP contribution in [0.5, 0.6) is 0 Å². The van der Waals surface area contributed by atoms with Crippen LogP contribution in [-0.2, 0) is 4.79 Å². The van der Waals surface area contributed by atoms with E-state index in [0.29, 0.717) is 13.0 Å². The summed E-state index contributed by atoms with van der Waals surface area (Å²) in [6.07, 6.45) is 7.40. The number of rotatable bonds is 5. The zero-order valence-electron chi connectivity index (χ0n) is 15.7. The van der Waals surface area contributed by atoms with Crippen molar-refractivity contribution >= 4 is 11.8 Å². The Morgan fingerprint density at radius 3 is 2.31 bits per heavy atom. The Hall–Kier alpha value is -1.88. The molecular formula is C21H31N3O2. The lowest BCUT2D eigenvalue weighted by Crippen LogP contribution is -2.48. The molecule has 5 heteroatoms. The van der Waals surface area contributed by atoms with Crippen molar-refractivity contribution in [2.24, 2.45) is 0 Å². The normalized spacial score (nSPS) is 19.0. The van der Waals surface area contributed by atoms with Crippen LogP contribution < -0.4 is 5.32 Å². The quantitative estimate of drug-likeness (QED) is 0.825. The van der Waals surface area contributed by atoms with Gasteiger partial charge in [-0.25, -0.2) is 0 Å². The average molecular weight is 357 g/mol. The van der Waals surface area contributed by atoms with E-state index in [4.69, 9.17) is 0 Å². The highest BCUT2D eigenvalue weighted by molar-refractivity contribution is 5.94. The number of hydrogen-bond donors (Lipinski definition) is 1. The largest absolute Gasteiger partial charge is 0.340 e. The molecule has 1 N–H and O–H groups in total. The molecule has 1 saturated carbocycles. The van der Waals surface area contributed by atoms with Crippen molar-refractivity contribution in [2.75, 3.05) is 32.7 Å². The maximum atomic E-state index is 13.1. The SMILES string of the molecule is O=C(CCN(C(=O)c1ccccc1)C1CCCCCC1)N1CCNCC1. The van der Waals surface area contributed by atoms with Gasteiger partial charge in [-0.2, -0.15) is 0 Å². The second-order valence-corrected chi connectivity index (χ2v) is 7.39. The molecule has 0 radical (unpaired) electrons. The van der Waals surface area contributed by atoms with Gasteiger partial charge in [0.05, 0.1) is 0 Å². The van der Waals surface area contributed by atoms with Gasteiger partial charge in [-0.1, -0.05) is 43.9 Å². The summed E-state index contributed by atoms with van der Waals surface area (Å²) in [5.41, 5.74) is 0.728. The van der Waals surface area contributed by atoms with Gasteiger partial charge >= 0.3 is 0 Å². The van der Waals surface area contributed by atoms with E-state index in [1.54, 1.807) is 0 Å². The van der Waals surface area contributed by atoms with Gasteiger partial charge in [0.25, 0.3) is 5.91 Å². The lowest BCUT2D eigenvalue weighted by Gasteiger charge is -2.33. The van der Waals surface area contributed by atoms with Crippen LogP contribution in [-0.4, -0.2) is 60.4 Å². The third-order valence-corrected chi connectivity index (χ3v) is 5.58. The molecule has 2 aliphatic rings. The number of carbonyl (C=O) groups excluding carboxylic acids is 2. The third kappa shape index (κ3) is 5.07. The molecule has 1 saturated heterocycles. The summed E-state index contributed by atoms with van der Waals surface area (Å²) in [6.45, 7) is 3.80. The van der Waals surface area contributed by atoms with Crippen molar-refractivity contribution in [3.63, 3.8) is 0 Å². The summed E-state index contributed by atoms with van der Waals surface area (Å²) in [7, 11) is 0. The summed E-state index contributed by atoms with van der Waals surface area (Å²) >= 11 is 0. The molecule has 2 amide bonds. The first-order valence-electron chi connectivity index (χ1n) is 10.1. The zero-order chi connectivity index (χ0) is 18.2. The van der Waals surface area contributed by atoms with Gasteiger partial charge in [0.1, 0.15) is 0 Å².